The molecule has 0 spiro atoms. The number of benzene rings is 2. The number of aliphatic hydroxyl groups excluding tert-OH is 1. The van der Waals surface area contributed by atoms with Crippen LogP contribution in [0.4, 0.5) is 8.78 Å². The standard InChI is InChI=1S/C14H9BrF2O2/c15-11-9(6-7-10(16)12(11)17)14(19)13(18)8-4-2-1-3-5-8/h1-7,13,18H. The molecule has 0 fully saturated rings. The third-order valence-corrected chi connectivity index (χ3v) is 3.44. The minimum atomic E-state index is -1.41. The SMILES string of the molecule is O=C(c1ccc(F)c(F)c1Br)C(O)c1ccccc1. The largest absolute Gasteiger partial charge is 0.380 e. The third kappa shape index (κ3) is 2.72. The summed E-state index contributed by atoms with van der Waals surface area (Å²) in [5.74, 6) is -2.90. The number of ketones is 1. The summed E-state index contributed by atoms with van der Waals surface area (Å²) in [5, 5.41) is 9.94. The van der Waals surface area contributed by atoms with E-state index >= 15 is 0 Å². The number of aliphatic hydroxyl groups is 1. The van der Waals surface area contributed by atoms with E-state index in [-0.39, 0.29) is 10.0 Å². The summed E-state index contributed by atoms with van der Waals surface area (Å²) in [4.78, 5) is 12.1. The van der Waals surface area contributed by atoms with Crippen LogP contribution in [0.5, 0.6) is 0 Å². The highest BCUT2D eigenvalue weighted by atomic mass is 79.9. The smallest absolute Gasteiger partial charge is 0.197 e. The van der Waals surface area contributed by atoms with Crippen LogP contribution in [0.1, 0.15) is 22.0 Å². The molecule has 1 unspecified atom stereocenters. The van der Waals surface area contributed by atoms with Gasteiger partial charge in [-0.25, -0.2) is 8.78 Å². The van der Waals surface area contributed by atoms with Crippen LogP contribution < -0.4 is 0 Å². The number of carbonyl (C=O) groups is 1. The molecule has 98 valence electrons. The Morgan fingerprint density at radius 1 is 1.11 bits per heavy atom. The minimum Gasteiger partial charge on any atom is -0.380 e. The Kier molecular flexibility index (Phi) is 4.07. The highest BCUT2D eigenvalue weighted by molar-refractivity contribution is 9.10. The Morgan fingerprint density at radius 2 is 1.74 bits per heavy atom. The van der Waals surface area contributed by atoms with Crippen LogP contribution in [-0.4, -0.2) is 10.9 Å². The molecule has 0 aliphatic heterocycles. The fraction of sp³-hybridized carbons (Fsp3) is 0.0714. The van der Waals surface area contributed by atoms with Gasteiger partial charge in [-0.3, -0.25) is 4.79 Å². The number of Topliss-reactive ketones (excluding diaryl/α,β-unsaturated/α-hetero) is 1. The van der Waals surface area contributed by atoms with Crippen LogP contribution in [0, 0.1) is 11.6 Å². The molecule has 0 amide bonds. The van der Waals surface area contributed by atoms with Crippen LogP contribution in [0.2, 0.25) is 0 Å². The Balaban J connectivity index is 2.38. The van der Waals surface area contributed by atoms with Crippen molar-refractivity contribution in [3.63, 3.8) is 0 Å². The molecule has 2 aromatic carbocycles. The van der Waals surface area contributed by atoms with Crippen molar-refractivity contribution in [2.75, 3.05) is 0 Å². The summed E-state index contributed by atoms with van der Waals surface area (Å²) in [6, 6.07) is 10.2. The summed E-state index contributed by atoms with van der Waals surface area (Å²) in [7, 11) is 0. The van der Waals surface area contributed by atoms with Gasteiger partial charge in [0.1, 0.15) is 6.10 Å². The Morgan fingerprint density at radius 3 is 2.37 bits per heavy atom. The van der Waals surface area contributed by atoms with E-state index in [1.807, 2.05) is 0 Å². The van der Waals surface area contributed by atoms with E-state index in [9.17, 15) is 18.7 Å². The zero-order chi connectivity index (χ0) is 14.0. The molecule has 19 heavy (non-hydrogen) atoms. The molecule has 0 aromatic heterocycles. The van der Waals surface area contributed by atoms with Gasteiger partial charge in [0.25, 0.3) is 0 Å². The van der Waals surface area contributed by atoms with Gasteiger partial charge < -0.3 is 5.11 Å². The van der Waals surface area contributed by atoms with Crippen molar-refractivity contribution in [1.29, 1.82) is 0 Å². The van der Waals surface area contributed by atoms with Crippen molar-refractivity contribution < 1.29 is 18.7 Å². The van der Waals surface area contributed by atoms with Crippen molar-refractivity contribution in [2.24, 2.45) is 0 Å². The molecular formula is C14H9BrF2O2. The average molecular weight is 327 g/mol. The van der Waals surface area contributed by atoms with E-state index < -0.39 is 23.5 Å². The molecular weight excluding hydrogens is 318 g/mol. The number of rotatable bonds is 3. The second-order valence-electron chi connectivity index (χ2n) is 3.90. The molecule has 1 N–H and O–H groups in total. The lowest BCUT2D eigenvalue weighted by atomic mass is 10.00. The maximum atomic E-state index is 13.4. The highest BCUT2D eigenvalue weighted by Crippen LogP contribution is 2.27. The van der Waals surface area contributed by atoms with Gasteiger partial charge in [-0.05, 0) is 33.6 Å². The minimum absolute atomic E-state index is 0.102. The van der Waals surface area contributed by atoms with Crippen LogP contribution in [0.3, 0.4) is 0 Å². The normalized spacial score (nSPS) is 12.2. The number of carbonyl (C=O) groups excluding carboxylic acids is 1. The molecule has 0 bridgehead atoms. The molecule has 2 rings (SSSR count). The van der Waals surface area contributed by atoms with Crippen molar-refractivity contribution >= 4 is 21.7 Å². The maximum absolute atomic E-state index is 13.4. The quantitative estimate of drug-likeness (QED) is 0.690. The van der Waals surface area contributed by atoms with Gasteiger partial charge in [0.2, 0.25) is 0 Å². The van der Waals surface area contributed by atoms with Crippen molar-refractivity contribution in [1.82, 2.24) is 0 Å². The van der Waals surface area contributed by atoms with E-state index in [4.69, 9.17) is 0 Å². The Labute approximate surface area is 116 Å². The van der Waals surface area contributed by atoms with Crippen molar-refractivity contribution in [3.05, 3.63) is 69.7 Å². The second kappa shape index (κ2) is 5.59. The molecule has 0 aliphatic rings. The van der Waals surface area contributed by atoms with E-state index in [0.717, 1.165) is 12.1 Å². The predicted octanol–water partition coefficient (Wildman–Crippen LogP) is 3.64. The first-order valence-electron chi connectivity index (χ1n) is 5.43. The van der Waals surface area contributed by atoms with Crippen molar-refractivity contribution in [3.8, 4) is 0 Å². The molecule has 2 nitrogen and oxygen atoms in total. The van der Waals surface area contributed by atoms with E-state index in [1.54, 1.807) is 30.3 Å². The van der Waals surface area contributed by atoms with E-state index in [0.29, 0.717) is 5.56 Å². The second-order valence-corrected chi connectivity index (χ2v) is 4.69. The van der Waals surface area contributed by atoms with E-state index in [1.165, 1.54) is 0 Å². The Hall–Kier alpha value is -1.59. The molecule has 0 saturated carbocycles. The number of halogens is 3. The molecule has 2 aromatic rings. The van der Waals surface area contributed by atoms with Gasteiger partial charge in [0.05, 0.1) is 4.47 Å². The third-order valence-electron chi connectivity index (χ3n) is 2.66. The summed E-state index contributed by atoms with van der Waals surface area (Å²) in [5.41, 5.74) is 0.291. The van der Waals surface area contributed by atoms with Crippen LogP contribution >= 0.6 is 15.9 Å². The summed E-state index contributed by atoms with van der Waals surface area (Å²) >= 11 is 2.83. The first kappa shape index (κ1) is 13.8. The monoisotopic (exact) mass is 326 g/mol. The molecule has 1 atom stereocenters. The number of hydrogen-bond donors (Lipinski definition) is 1. The average Bonchev–Trinajstić information content (AvgIpc) is 2.44. The maximum Gasteiger partial charge on any atom is 0.197 e. The first-order chi connectivity index (χ1) is 9.02. The van der Waals surface area contributed by atoms with Crippen LogP contribution in [0.25, 0.3) is 0 Å². The zero-order valence-electron chi connectivity index (χ0n) is 9.61. The fourth-order valence-corrected chi connectivity index (χ4v) is 2.17. The summed E-state index contributed by atoms with van der Waals surface area (Å²) in [6.07, 6.45) is -1.41. The molecule has 0 aliphatic carbocycles. The first-order valence-corrected chi connectivity index (χ1v) is 6.22. The van der Waals surface area contributed by atoms with Crippen molar-refractivity contribution in [2.45, 2.75) is 6.10 Å². The van der Waals surface area contributed by atoms with Gasteiger partial charge in [-0.15, -0.1) is 0 Å². The molecule has 0 saturated heterocycles. The lowest BCUT2D eigenvalue weighted by molar-refractivity contribution is 0.0746. The predicted molar refractivity (Wildman–Crippen MR) is 69.8 cm³/mol. The van der Waals surface area contributed by atoms with Crippen LogP contribution in [0.15, 0.2) is 46.9 Å². The lowest BCUT2D eigenvalue weighted by Crippen LogP contribution is -2.13. The lowest BCUT2D eigenvalue weighted by Gasteiger charge is -2.11. The van der Waals surface area contributed by atoms with Gasteiger partial charge in [-0.2, -0.15) is 0 Å². The van der Waals surface area contributed by atoms with Gasteiger partial charge in [0, 0.05) is 5.56 Å². The van der Waals surface area contributed by atoms with Crippen LogP contribution in [-0.2, 0) is 0 Å². The zero-order valence-corrected chi connectivity index (χ0v) is 11.2. The molecule has 0 heterocycles. The molecule has 5 heteroatoms. The molecule has 0 radical (unpaired) electrons. The highest BCUT2D eigenvalue weighted by Gasteiger charge is 2.23. The Bertz CT molecular complexity index is 614. The summed E-state index contributed by atoms with van der Waals surface area (Å²) in [6.45, 7) is 0. The van der Waals surface area contributed by atoms with Gasteiger partial charge in [0.15, 0.2) is 17.4 Å². The topological polar surface area (TPSA) is 37.3 Å². The van der Waals surface area contributed by atoms with Gasteiger partial charge in [-0.1, -0.05) is 30.3 Å². The van der Waals surface area contributed by atoms with Gasteiger partial charge >= 0.3 is 0 Å². The van der Waals surface area contributed by atoms with E-state index in [2.05, 4.69) is 15.9 Å². The fourth-order valence-electron chi connectivity index (χ4n) is 1.65. The number of hydrogen-bond acceptors (Lipinski definition) is 2. The summed E-state index contributed by atoms with van der Waals surface area (Å²) < 4.78 is 26.0.